The lowest BCUT2D eigenvalue weighted by molar-refractivity contribution is -0.139. The molecule has 0 bridgehead atoms. The molecular weight excluding hydrogens is 553 g/mol. The summed E-state index contributed by atoms with van der Waals surface area (Å²) in [6, 6.07) is 10.6. The number of carbonyl (C=O) groups excluding carboxylic acids is 2. The molecule has 0 aliphatic rings. The van der Waals surface area contributed by atoms with Gasteiger partial charge in [0.15, 0.2) is 0 Å². The quantitative estimate of drug-likeness (QED) is 0.451. The topological polar surface area (TPSA) is 86.8 Å². The van der Waals surface area contributed by atoms with Crippen molar-refractivity contribution in [3.63, 3.8) is 0 Å². The Morgan fingerprint density at radius 1 is 1.15 bits per heavy atom. The normalized spacial score (nSPS) is 12.2. The SMILES string of the molecule is CCCNC(=O)C(C)N(Cc1ccc(Cl)cc1Cl)C(=O)CN(c1cccc(Br)c1)S(C)(=O)=O. The van der Waals surface area contributed by atoms with Gasteiger partial charge in [0.05, 0.1) is 11.9 Å². The van der Waals surface area contributed by atoms with E-state index in [1.54, 1.807) is 49.4 Å². The third-order valence-electron chi connectivity index (χ3n) is 4.85. The Labute approximate surface area is 213 Å². The van der Waals surface area contributed by atoms with E-state index in [1.165, 1.54) is 4.90 Å². The molecule has 11 heteroatoms. The number of carbonyl (C=O) groups is 2. The lowest BCUT2D eigenvalue weighted by Gasteiger charge is -2.31. The van der Waals surface area contributed by atoms with E-state index in [2.05, 4.69) is 21.2 Å². The van der Waals surface area contributed by atoms with Gasteiger partial charge in [-0.2, -0.15) is 0 Å². The predicted octanol–water partition coefficient (Wildman–Crippen LogP) is 4.47. The van der Waals surface area contributed by atoms with Crippen LogP contribution in [0.1, 0.15) is 25.8 Å². The first-order chi connectivity index (χ1) is 15.4. The maximum absolute atomic E-state index is 13.4. The van der Waals surface area contributed by atoms with Crippen LogP contribution in [0.15, 0.2) is 46.9 Å². The molecular formula is C22H26BrCl2N3O4S. The van der Waals surface area contributed by atoms with Crippen molar-refractivity contribution in [2.75, 3.05) is 23.7 Å². The summed E-state index contributed by atoms with van der Waals surface area (Å²) in [6.07, 6.45) is 1.76. The maximum Gasteiger partial charge on any atom is 0.244 e. The largest absolute Gasteiger partial charge is 0.354 e. The number of hydrogen-bond donors (Lipinski definition) is 1. The van der Waals surface area contributed by atoms with E-state index in [9.17, 15) is 18.0 Å². The van der Waals surface area contributed by atoms with Gasteiger partial charge in [-0.15, -0.1) is 0 Å². The molecule has 2 aromatic carbocycles. The highest BCUT2D eigenvalue weighted by Gasteiger charge is 2.30. The van der Waals surface area contributed by atoms with Crippen LogP contribution in [0, 0.1) is 0 Å². The van der Waals surface area contributed by atoms with E-state index in [0.29, 0.717) is 32.3 Å². The molecule has 180 valence electrons. The summed E-state index contributed by atoms with van der Waals surface area (Å²) in [5, 5.41) is 3.55. The third-order valence-corrected chi connectivity index (χ3v) is 7.07. The minimum absolute atomic E-state index is 0.00559. The first-order valence-corrected chi connectivity index (χ1v) is 13.6. The van der Waals surface area contributed by atoms with Crippen LogP contribution in [0.25, 0.3) is 0 Å². The average Bonchev–Trinajstić information content (AvgIpc) is 2.73. The number of halogens is 3. The van der Waals surface area contributed by atoms with Gasteiger partial charge in [0.25, 0.3) is 0 Å². The lowest BCUT2D eigenvalue weighted by Crippen LogP contribution is -2.51. The molecule has 0 spiro atoms. The molecule has 0 radical (unpaired) electrons. The average molecular weight is 579 g/mol. The fraction of sp³-hybridized carbons (Fsp3) is 0.364. The first-order valence-electron chi connectivity index (χ1n) is 10.2. The Hall–Kier alpha value is -1.81. The second kappa shape index (κ2) is 12.1. The van der Waals surface area contributed by atoms with E-state index < -0.39 is 28.5 Å². The molecule has 2 rings (SSSR count). The number of rotatable bonds is 10. The Morgan fingerprint density at radius 2 is 1.85 bits per heavy atom. The van der Waals surface area contributed by atoms with Crippen LogP contribution in [0.2, 0.25) is 10.0 Å². The Bertz CT molecular complexity index is 1110. The van der Waals surface area contributed by atoms with Gasteiger partial charge in [-0.05, 0) is 49.2 Å². The van der Waals surface area contributed by atoms with Crippen LogP contribution in [0.3, 0.4) is 0 Å². The zero-order valence-electron chi connectivity index (χ0n) is 18.5. The zero-order chi connectivity index (χ0) is 24.8. The van der Waals surface area contributed by atoms with E-state index in [1.807, 2.05) is 6.92 Å². The monoisotopic (exact) mass is 577 g/mol. The first kappa shape index (κ1) is 27.4. The number of amides is 2. The van der Waals surface area contributed by atoms with Gasteiger partial charge < -0.3 is 10.2 Å². The lowest BCUT2D eigenvalue weighted by atomic mass is 10.1. The van der Waals surface area contributed by atoms with E-state index in [-0.39, 0.29) is 12.5 Å². The number of nitrogens with zero attached hydrogens (tertiary/aromatic N) is 2. The summed E-state index contributed by atoms with van der Waals surface area (Å²) in [4.78, 5) is 27.4. The molecule has 0 saturated carbocycles. The fourth-order valence-corrected chi connectivity index (χ4v) is 4.75. The minimum Gasteiger partial charge on any atom is -0.354 e. The Kier molecular flexibility index (Phi) is 10.0. The summed E-state index contributed by atoms with van der Waals surface area (Å²) in [7, 11) is -3.79. The molecule has 1 unspecified atom stereocenters. The molecule has 33 heavy (non-hydrogen) atoms. The van der Waals surface area contributed by atoms with Crippen LogP contribution in [0.4, 0.5) is 5.69 Å². The fourth-order valence-electron chi connectivity index (χ4n) is 3.06. The van der Waals surface area contributed by atoms with Crippen molar-refractivity contribution in [1.29, 1.82) is 0 Å². The molecule has 7 nitrogen and oxygen atoms in total. The second-order valence-electron chi connectivity index (χ2n) is 7.47. The minimum atomic E-state index is -3.79. The number of hydrogen-bond acceptors (Lipinski definition) is 4. The molecule has 2 aromatic rings. The van der Waals surface area contributed by atoms with E-state index >= 15 is 0 Å². The van der Waals surface area contributed by atoms with Crippen molar-refractivity contribution >= 4 is 66.7 Å². The summed E-state index contributed by atoms with van der Waals surface area (Å²) in [6.45, 7) is 3.50. The number of sulfonamides is 1. The summed E-state index contributed by atoms with van der Waals surface area (Å²) in [5.41, 5.74) is 0.908. The molecule has 1 atom stereocenters. The highest BCUT2D eigenvalue weighted by atomic mass is 79.9. The molecule has 0 aromatic heterocycles. The highest BCUT2D eigenvalue weighted by molar-refractivity contribution is 9.10. The maximum atomic E-state index is 13.4. The predicted molar refractivity (Wildman–Crippen MR) is 136 cm³/mol. The van der Waals surface area contributed by atoms with Crippen LogP contribution in [-0.4, -0.2) is 50.5 Å². The van der Waals surface area contributed by atoms with Crippen molar-refractivity contribution < 1.29 is 18.0 Å². The number of benzene rings is 2. The number of nitrogens with one attached hydrogen (secondary N) is 1. The second-order valence-corrected chi connectivity index (χ2v) is 11.1. The molecule has 2 amide bonds. The van der Waals surface area contributed by atoms with Crippen LogP contribution >= 0.6 is 39.1 Å². The van der Waals surface area contributed by atoms with Crippen molar-refractivity contribution in [2.24, 2.45) is 0 Å². The van der Waals surface area contributed by atoms with Gasteiger partial charge in [-0.25, -0.2) is 8.42 Å². The summed E-state index contributed by atoms with van der Waals surface area (Å²) >= 11 is 15.6. The van der Waals surface area contributed by atoms with Gasteiger partial charge in [-0.3, -0.25) is 13.9 Å². The van der Waals surface area contributed by atoms with Gasteiger partial charge >= 0.3 is 0 Å². The summed E-state index contributed by atoms with van der Waals surface area (Å²) < 4.78 is 26.7. The standard InChI is InChI=1S/C22H26BrCl2N3O4S/c1-4-10-26-22(30)15(2)27(13-16-8-9-18(24)12-20(16)25)21(29)14-28(33(3,31)32)19-7-5-6-17(23)11-19/h5-9,11-12,15H,4,10,13-14H2,1-3H3,(H,26,30). The molecule has 1 N–H and O–H groups in total. The summed E-state index contributed by atoms with van der Waals surface area (Å²) in [5.74, 6) is -0.894. The van der Waals surface area contributed by atoms with E-state index in [0.717, 1.165) is 17.0 Å². The number of anilines is 1. The van der Waals surface area contributed by atoms with Gasteiger partial charge in [0, 0.05) is 27.6 Å². The Morgan fingerprint density at radius 3 is 2.42 bits per heavy atom. The van der Waals surface area contributed by atoms with Crippen LogP contribution in [0.5, 0.6) is 0 Å². The van der Waals surface area contributed by atoms with Gasteiger partial charge in [-0.1, -0.05) is 58.2 Å². The Balaban J connectivity index is 2.40. The van der Waals surface area contributed by atoms with Crippen molar-refractivity contribution in [3.05, 3.63) is 62.5 Å². The van der Waals surface area contributed by atoms with Crippen molar-refractivity contribution in [3.8, 4) is 0 Å². The molecule has 0 saturated heterocycles. The van der Waals surface area contributed by atoms with Crippen molar-refractivity contribution in [1.82, 2.24) is 10.2 Å². The third kappa shape index (κ3) is 7.88. The molecule has 0 fully saturated rings. The van der Waals surface area contributed by atoms with Crippen molar-refractivity contribution in [2.45, 2.75) is 32.9 Å². The smallest absolute Gasteiger partial charge is 0.244 e. The van der Waals surface area contributed by atoms with Crippen LogP contribution < -0.4 is 9.62 Å². The van der Waals surface area contributed by atoms with Gasteiger partial charge in [0.1, 0.15) is 12.6 Å². The highest BCUT2D eigenvalue weighted by Crippen LogP contribution is 2.25. The molecule has 0 aliphatic heterocycles. The zero-order valence-corrected chi connectivity index (χ0v) is 22.4. The van der Waals surface area contributed by atoms with E-state index in [4.69, 9.17) is 23.2 Å². The molecule has 0 heterocycles. The molecule has 0 aliphatic carbocycles. The van der Waals surface area contributed by atoms with Crippen LogP contribution in [-0.2, 0) is 26.2 Å². The van der Waals surface area contributed by atoms with Gasteiger partial charge in [0.2, 0.25) is 21.8 Å².